The molecule has 0 bridgehead atoms. The van der Waals surface area contributed by atoms with E-state index in [1.54, 1.807) is 0 Å². The average Bonchev–Trinajstić information content (AvgIpc) is 3.30. The Kier molecular flexibility index (Phi) is 5.90. The van der Waals surface area contributed by atoms with Gasteiger partial charge in [0.15, 0.2) is 17.3 Å². The molecule has 0 spiro atoms. The SMILES string of the molecule is CC1=C(C(=O)OCC(C)C)C(c2ccc3c(c2)OCO3)C2=C(CC(c3ccccc3)CC2=O)N1. The number of ketones is 1. The van der Waals surface area contributed by atoms with Gasteiger partial charge in [-0.1, -0.05) is 50.2 Å². The Hall–Kier alpha value is -3.54. The molecular formula is C28H29NO5. The number of hydrogen-bond donors (Lipinski definition) is 1. The number of carbonyl (C=O) groups excluding carboxylic acids is 2. The monoisotopic (exact) mass is 459 g/mol. The van der Waals surface area contributed by atoms with E-state index in [1.807, 2.05) is 57.2 Å². The van der Waals surface area contributed by atoms with Crippen molar-refractivity contribution < 1.29 is 23.8 Å². The highest BCUT2D eigenvalue weighted by Crippen LogP contribution is 2.47. The van der Waals surface area contributed by atoms with Crippen molar-refractivity contribution in [2.45, 2.75) is 45.4 Å². The van der Waals surface area contributed by atoms with Gasteiger partial charge >= 0.3 is 5.97 Å². The topological polar surface area (TPSA) is 73.9 Å². The maximum Gasteiger partial charge on any atom is 0.336 e. The van der Waals surface area contributed by atoms with E-state index in [1.165, 1.54) is 0 Å². The zero-order valence-electron chi connectivity index (χ0n) is 19.7. The third kappa shape index (κ3) is 4.09. The molecule has 6 nitrogen and oxygen atoms in total. The molecular weight excluding hydrogens is 430 g/mol. The highest BCUT2D eigenvalue weighted by atomic mass is 16.7. The summed E-state index contributed by atoms with van der Waals surface area (Å²) in [6.07, 6.45) is 1.11. The van der Waals surface area contributed by atoms with Crippen LogP contribution in [0.15, 0.2) is 71.1 Å². The fraction of sp³-hybridized carbons (Fsp3) is 0.357. The Bertz CT molecular complexity index is 1190. The van der Waals surface area contributed by atoms with Crippen LogP contribution < -0.4 is 14.8 Å². The van der Waals surface area contributed by atoms with Crippen LogP contribution in [-0.4, -0.2) is 25.2 Å². The van der Waals surface area contributed by atoms with Crippen LogP contribution in [0.3, 0.4) is 0 Å². The largest absolute Gasteiger partial charge is 0.462 e. The van der Waals surface area contributed by atoms with E-state index in [-0.39, 0.29) is 24.4 Å². The number of allylic oxidation sites excluding steroid dienone is 3. The van der Waals surface area contributed by atoms with Gasteiger partial charge in [-0.3, -0.25) is 4.79 Å². The summed E-state index contributed by atoms with van der Waals surface area (Å²) in [6.45, 7) is 6.36. The lowest BCUT2D eigenvalue weighted by Gasteiger charge is -2.36. The molecule has 0 amide bonds. The lowest BCUT2D eigenvalue weighted by atomic mass is 9.71. The van der Waals surface area contributed by atoms with Gasteiger partial charge in [0.05, 0.1) is 12.2 Å². The average molecular weight is 460 g/mol. The van der Waals surface area contributed by atoms with E-state index in [0.717, 1.165) is 22.5 Å². The van der Waals surface area contributed by atoms with Gasteiger partial charge in [-0.2, -0.15) is 0 Å². The van der Waals surface area contributed by atoms with Gasteiger partial charge in [0.1, 0.15) is 0 Å². The van der Waals surface area contributed by atoms with Gasteiger partial charge < -0.3 is 19.5 Å². The molecule has 6 heteroatoms. The number of fused-ring (bicyclic) bond motifs is 1. The molecule has 0 saturated heterocycles. The Morgan fingerprint density at radius 3 is 2.59 bits per heavy atom. The van der Waals surface area contributed by atoms with E-state index < -0.39 is 11.9 Å². The van der Waals surface area contributed by atoms with Crippen LogP contribution in [0.2, 0.25) is 0 Å². The summed E-state index contributed by atoms with van der Waals surface area (Å²) in [4.78, 5) is 26.9. The number of esters is 1. The smallest absolute Gasteiger partial charge is 0.336 e. The molecule has 0 fully saturated rings. The van der Waals surface area contributed by atoms with Crippen molar-refractivity contribution in [2.75, 3.05) is 13.4 Å². The minimum absolute atomic E-state index is 0.0481. The molecule has 2 aromatic rings. The van der Waals surface area contributed by atoms with Crippen LogP contribution in [0.5, 0.6) is 11.5 Å². The molecule has 5 rings (SSSR count). The summed E-state index contributed by atoms with van der Waals surface area (Å²) < 4.78 is 16.7. The van der Waals surface area contributed by atoms with Gasteiger partial charge in [0.25, 0.3) is 0 Å². The normalized spacial score (nSPS) is 21.5. The second kappa shape index (κ2) is 9.01. The highest BCUT2D eigenvalue weighted by Gasteiger charge is 2.41. The molecule has 0 aromatic heterocycles. The second-order valence-electron chi connectivity index (χ2n) is 9.53. The first kappa shape index (κ1) is 22.3. The Balaban J connectivity index is 1.57. The predicted octanol–water partition coefficient (Wildman–Crippen LogP) is 4.98. The van der Waals surface area contributed by atoms with Crippen LogP contribution in [-0.2, 0) is 14.3 Å². The molecule has 0 radical (unpaired) electrons. The first-order chi connectivity index (χ1) is 16.4. The molecule has 0 saturated carbocycles. The first-order valence-electron chi connectivity index (χ1n) is 11.8. The van der Waals surface area contributed by atoms with E-state index in [9.17, 15) is 9.59 Å². The van der Waals surface area contributed by atoms with Gasteiger partial charge in [-0.25, -0.2) is 4.79 Å². The molecule has 3 aliphatic rings. The van der Waals surface area contributed by atoms with Crippen LogP contribution in [0.4, 0.5) is 0 Å². The molecule has 2 heterocycles. The number of dihydropyridines is 1. The number of hydrogen-bond acceptors (Lipinski definition) is 6. The summed E-state index contributed by atoms with van der Waals surface area (Å²) in [5, 5.41) is 3.40. The number of carbonyl (C=O) groups is 2. The van der Waals surface area contributed by atoms with E-state index >= 15 is 0 Å². The van der Waals surface area contributed by atoms with Gasteiger partial charge in [0.2, 0.25) is 6.79 Å². The Morgan fingerprint density at radius 1 is 1.06 bits per heavy atom. The molecule has 2 aliphatic heterocycles. The van der Waals surface area contributed by atoms with Crippen LogP contribution in [0.25, 0.3) is 0 Å². The van der Waals surface area contributed by atoms with E-state index in [2.05, 4.69) is 17.4 Å². The third-order valence-electron chi connectivity index (χ3n) is 6.60. The Labute approximate surface area is 199 Å². The third-order valence-corrected chi connectivity index (χ3v) is 6.60. The fourth-order valence-electron chi connectivity index (χ4n) is 5.02. The van der Waals surface area contributed by atoms with Crippen molar-refractivity contribution in [1.29, 1.82) is 0 Å². The maximum absolute atomic E-state index is 13.6. The first-order valence-corrected chi connectivity index (χ1v) is 11.8. The summed E-state index contributed by atoms with van der Waals surface area (Å²) in [6, 6.07) is 15.7. The molecule has 2 unspecified atom stereocenters. The summed E-state index contributed by atoms with van der Waals surface area (Å²) in [5.41, 5.74) is 4.69. The zero-order valence-corrected chi connectivity index (χ0v) is 19.7. The number of rotatable bonds is 5. The molecule has 2 aromatic carbocycles. The molecule has 2 atom stereocenters. The van der Waals surface area contributed by atoms with Gasteiger partial charge in [-0.05, 0) is 48.4 Å². The van der Waals surface area contributed by atoms with Gasteiger partial charge in [0, 0.05) is 29.3 Å². The Morgan fingerprint density at radius 2 is 1.82 bits per heavy atom. The fourth-order valence-corrected chi connectivity index (χ4v) is 5.02. The summed E-state index contributed by atoms with van der Waals surface area (Å²) in [7, 11) is 0. The summed E-state index contributed by atoms with van der Waals surface area (Å²) in [5.74, 6) is 0.724. The number of nitrogens with one attached hydrogen (secondary N) is 1. The zero-order chi connectivity index (χ0) is 23.8. The minimum Gasteiger partial charge on any atom is -0.462 e. The van der Waals surface area contributed by atoms with Crippen molar-refractivity contribution >= 4 is 11.8 Å². The van der Waals surface area contributed by atoms with Crippen LogP contribution >= 0.6 is 0 Å². The lowest BCUT2D eigenvalue weighted by molar-refractivity contribution is -0.140. The van der Waals surface area contributed by atoms with Crippen LogP contribution in [0, 0.1) is 5.92 Å². The van der Waals surface area contributed by atoms with Crippen molar-refractivity contribution in [3.8, 4) is 11.5 Å². The highest BCUT2D eigenvalue weighted by molar-refractivity contribution is 6.04. The lowest BCUT2D eigenvalue weighted by Crippen LogP contribution is -2.36. The number of Topliss-reactive ketones (excluding diaryl/α,β-unsaturated/α-hetero) is 1. The number of benzene rings is 2. The quantitative estimate of drug-likeness (QED) is 0.636. The molecule has 176 valence electrons. The second-order valence-corrected chi connectivity index (χ2v) is 9.53. The van der Waals surface area contributed by atoms with Crippen molar-refractivity contribution in [3.05, 3.63) is 82.2 Å². The molecule has 34 heavy (non-hydrogen) atoms. The standard InChI is InChI=1S/C28H29NO5/c1-16(2)14-32-28(31)25-17(3)29-21-11-20(18-7-5-4-6-8-18)12-22(30)27(21)26(25)19-9-10-23-24(13-19)34-15-33-23/h4-10,13,16,20,26,29H,11-12,14-15H2,1-3H3. The van der Waals surface area contributed by atoms with E-state index in [4.69, 9.17) is 14.2 Å². The molecule has 1 N–H and O–H groups in total. The number of ether oxygens (including phenoxy) is 3. The predicted molar refractivity (Wildman–Crippen MR) is 127 cm³/mol. The van der Waals surface area contributed by atoms with E-state index in [0.29, 0.717) is 42.1 Å². The van der Waals surface area contributed by atoms with Crippen LogP contribution in [0.1, 0.15) is 56.6 Å². The van der Waals surface area contributed by atoms with Crippen molar-refractivity contribution in [2.24, 2.45) is 5.92 Å². The van der Waals surface area contributed by atoms with Gasteiger partial charge in [-0.15, -0.1) is 0 Å². The summed E-state index contributed by atoms with van der Waals surface area (Å²) >= 11 is 0. The molecule has 1 aliphatic carbocycles. The maximum atomic E-state index is 13.6. The van der Waals surface area contributed by atoms with Crippen molar-refractivity contribution in [3.63, 3.8) is 0 Å². The minimum atomic E-state index is -0.519. The van der Waals surface area contributed by atoms with Crippen molar-refractivity contribution in [1.82, 2.24) is 5.32 Å².